The van der Waals surface area contributed by atoms with E-state index in [4.69, 9.17) is 11.6 Å². The molecule has 0 saturated carbocycles. The summed E-state index contributed by atoms with van der Waals surface area (Å²) < 4.78 is 0. The molecule has 118 valence electrons. The van der Waals surface area contributed by atoms with Crippen molar-refractivity contribution in [3.05, 3.63) is 41.2 Å². The Labute approximate surface area is 136 Å². The minimum atomic E-state index is -0.318. The summed E-state index contributed by atoms with van der Waals surface area (Å²) in [4.78, 5) is 12.7. The maximum atomic E-state index is 6.00. The van der Waals surface area contributed by atoms with Crippen LogP contribution in [0.2, 0.25) is 5.28 Å². The van der Waals surface area contributed by atoms with E-state index in [1.54, 1.807) is 0 Å². The van der Waals surface area contributed by atoms with E-state index in [-0.39, 0.29) is 10.8 Å². The van der Waals surface area contributed by atoms with Crippen molar-refractivity contribution in [3.8, 4) is 0 Å². The van der Waals surface area contributed by atoms with Gasteiger partial charge in [0.25, 0.3) is 0 Å². The second-order valence-corrected chi connectivity index (χ2v) is 6.48. The molecule has 0 unspecified atom stereocenters. The average molecular weight is 320 g/mol. The molecule has 0 amide bonds. The van der Waals surface area contributed by atoms with E-state index in [0.29, 0.717) is 17.8 Å². The van der Waals surface area contributed by atoms with Crippen molar-refractivity contribution < 1.29 is 0 Å². The van der Waals surface area contributed by atoms with Gasteiger partial charge in [-0.15, -0.1) is 0 Å². The summed E-state index contributed by atoms with van der Waals surface area (Å²) in [6.07, 6.45) is 0. The van der Waals surface area contributed by atoms with E-state index in [1.165, 1.54) is 0 Å². The molecule has 6 heteroatoms. The molecule has 2 rings (SSSR count). The van der Waals surface area contributed by atoms with Crippen LogP contribution < -0.4 is 10.6 Å². The SMILES string of the molecule is CC(C)CNc1nc(Cl)nc(NC(C)(C)c2ccccc2)n1. The minimum absolute atomic E-state index is 0.174. The first-order valence-corrected chi connectivity index (χ1v) is 7.74. The normalized spacial score (nSPS) is 11.5. The number of rotatable bonds is 6. The molecule has 0 saturated heterocycles. The molecule has 0 aliphatic carbocycles. The van der Waals surface area contributed by atoms with Gasteiger partial charge in [-0.3, -0.25) is 0 Å². The van der Waals surface area contributed by atoms with Gasteiger partial charge in [0.2, 0.25) is 17.2 Å². The lowest BCUT2D eigenvalue weighted by molar-refractivity contribution is 0.601. The maximum Gasteiger partial charge on any atom is 0.229 e. The molecule has 1 heterocycles. The summed E-state index contributed by atoms with van der Waals surface area (Å²) in [5.41, 5.74) is 0.824. The second-order valence-electron chi connectivity index (χ2n) is 6.14. The Morgan fingerprint density at radius 2 is 1.68 bits per heavy atom. The first-order chi connectivity index (χ1) is 10.4. The van der Waals surface area contributed by atoms with Gasteiger partial charge in [-0.2, -0.15) is 15.0 Å². The third-order valence-electron chi connectivity index (χ3n) is 3.20. The number of halogens is 1. The highest BCUT2D eigenvalue weighted by molar-refractivity contribution is 6.28. The fourth-order valence-corrected chi connectivity index (χ4v) is 2.15. The van der Waals surface area contributed by atoms with Crippen LogP contribution in [0.25, 0.3) is 0 Å². The summed E-state index contributed by atoms with van der Waals surface area (Å²) in [7, 11) is 0. The van der Waals surface area contributed by atoms with Gasteiger partial charge in [-0.25, -0.2) is 0 Å². The summed E-state index contributed by atoms with van der Waals surface area (Å²) in [5.74, 6) is 1.44. The third-order valence-corrected chi connectivity index (χ3v) is 3.37. The lowest BCUT2D eigenvalue weighted by Gasteiger charge is -2.27. The molecule has 0 spiro atoms. The predicted octanol–water partition coefficient (Wildman–Crippen LogP) is 3.94. The molecule has 5 nitrogen and oxygen atoms in total. The molecular formula is C16H22ClN5. The Bertz CT molecular complexity index is 613. The van der Waals surface area contributed by atoms with Crippen molar-refractivity contribution in [1.29, 1.82) is 0 Å². The third kappa shape index (κ3) is 4.56. The number of anilines is 2. The van der Waals surface area contributed by atoms with Crippen molar-refractivity contribution in [3.63, 3.8) is 0 Å². The first-order valence-electron chi connectivity index (χ1n) is 7.36. The van der Waals surface area contributed by atoms with Crippen molar-refractivity contribution >= 4 is 23.5 Å². The number of hydrogen-bond acceptors (Lipinski definition) is 5. The first kappa shape index (κ1) is 16.5. The Kier molecular flexibility index (Phi) is 5.19. The van der Waals surface area contributed by atoms with Gasteiger partial charge in [0.1, 0.15) is 0 Å². The second kappa shape index (κ2) is 6.92. The van der Waals surface area contributed by atoms with Crippen LogP contribution in [0, 0.1) is 5.92 Å². The van der Waals surface area contributed by atoms with Crippen molar-refractivity contribution in [2.75, 3.05) is 17.2 Å². The number of aromatic nitrogens is 3. The monoisotopic (exact) mass is 319 g/mol. The van der Waals surface area contributed by atoms with E-state index >= 15 is 0 Å². The van der Waals surface area contributed by atoms with Crippen LogP contribution in [0.1, 0.15) is 33.3 Å². The highest BCUT2D eigenvalue weighted by Gasteiger charge is 2.21. The van der Waals surface area contributed by atoms with Crippen LogP contribution >= 0.6 is 11.6 Å². The van der Waals surface area contributed by atoms with Crippen LogP contribution in [-0.4, -0.2) is 21.5 Å². The van der Waals surface area contributed by atoms with Gasteiger partial charge < -0.3 is 10.6 Å². The molecule has 0 aliphatic heterocycles. The Balaban J connectivity index is 2.18. The molecule has 0 fully saturated rings. The number of nitrogens with zero attached hydrogens (tertiary/aromatic N) is 3. The maximum absolute atomic E-state index is 6.00. The largest absolute Gasteiger partial charge is 0.354 e. The van der Waals surface area contributed by atoms with Gasteiger partial charge in [0, 0.05) is 6.54 Å². The Hall–Kier alpha value is -1.88. The summed E-state index contributed by atoms with van der Waals surface area (Å²) in [6.45, 7) is 9.16. The van der Waals surface area contributed by atoms with Crippen molar-refractivity contribution in [1.82, 2.24) is 15.0 Å². The Morgan fingerprint density at radius 1 is 1.05 bits per heavy atom. The topological polar surface area (TPSA) is 62.7 Å². The average Bonchev–Trinajstić information content (AvgIpc) is 2.45. The quantitative estimate of drug-likeness (QED) is 0.844. The van der Waals surface area contributed by atoms with Crippen LogP contribution in [0.4, 0.5) is 11.9 Å². The molecule has 0 radical (unpaired) electrons. The minimum Gasteiger partial charge on any atom is -0.354 e. The smallest absolute Gasteiger partial charge is 0.229 e. The van der Waals surface area contributed by atoms with E-state index < -0.39 is 0 Å². The molecule has 0 atom stereocenters. The van der Waals surface area contributed by atoms with Gasteiger partial charge >= 0.3 is 0 Å². The van der Waals surface area contributed by atoms with Crippen LogP contribution in [0.15, 0.2) is 30.3 Å². The summed E-state index contributed by atoms with van der Waals surface area (Å²) >= 11 is 6.00. The standard InChI is InChI=1S/C16H22ClN5/c1-11(2)10-18-14-19-13(17)20-15(21-14)22-16(3,4)12-8-6-5-7-9-12/h5-9,11H,10H2,1-4H3,(H2,18,19,20,21,22). The molecule has 1 aromatic carbocycles. The molecule has 0 bridgehead atoms. The fraction of sp³-hybridized carbons (Fsp3) is 0.438. The highest BCUT2D eigenvalue weighted by atomic mass is 35.5. The van der Waals surface area contributed by atoms with Crippen molar-refractivity contribution in [2.24, 2.45) is 5.92 Å². The van der Waals surface area contributed by atoms with E-state index in [9.17, 15) is 0 Å². The van der Waals surface area contributed by atoms with Gasteiger partial charge in [0.05, 0.1) is 5.54 Å². The number of hydrogen-bond donors (Lipinski definition) is 2. The number of nitrogens with one attached hydrogen (secondary N) is 2. The van der Waals surface area contributed by atoms with E-state index in [0.717, 1.165) is 12.1 Å². The zero-order valence-electron chi connectivity index (χ0n) is 13.4. The molecule has 0 aliphatic rings. The highest BCUT2D eigenvalue weighted by Crippen LogP contribution is 2.24. The van der Waals surface area contributed by atoms with Gasteiger partial charge in [-0.1, -0.05) is 44.2 Å². The molecule has 22 heavy (non-hydrogen) atoms. The van der Waals surface area contributed by atoms with E-state index in [1.807, 2.05) is 18.2 Å². The molecule has 2 N–H and O–H groups in total. The van der Waals surface area contributed by atoms with Gasteiger partial charge in [0.15, 0.2) is 0 Å². The summed E-state index contributed by atoms with van der Waals surface area (Å²) in [6, 6.07) is 10.1. The lowest BCUT2D eigenvalue weighted by Crippen LogP contribution is -2.29. The fourth-order valence-electron chi connectivity index (χ4n) is 1.99. The van der Waals surface area contributed by atoms with Gasteiger partial charge in [-0.05, 0) is 36.9 Å². The van der Waals surface area contributed by atoms with Crippen molar-refractivity contribution in [2.45, 2.75) is 33.2 Å². The van der Waals surface area contributed by atoms with E-state index in [2.05, 4.69) is 65.4 Å². The van der Waals surface area contributed by atoms with Crippen LogP contribution in [0.3, 0.4) is 0 Å². The number of benzene rings is 1. The zero-order valence-corrected chi connectivity index (χ0v) is 14.1. The zero-order chi connectivity index (χ0) is 16.2. The predicted molar refractivity (Wildman–Crippen MR) is 91.3 cm³/mol. The molecular weight excluding hydrogens is 298 g/mol. The molecule has 2 aromatic rings. The summed E-state index contributed by atoms with van der Waals surface area (Å²) in [5, 5.41) is 6.65. The lowest BCUT2D eigenvalue weighted by atomic mass is 9.95. The Morgan fingerprint density at radius 3 is 2.32 bits per heavy atom. The van der Waals surface area contributed by atoms with Crippen LogP contribution in [-0.2, 0) is 5.54 Å². The van der Waals surface area contributed by atoms with Crippen LogP contribution in [0.5, 0.6) is 0 Å². The molecule has 1 aromatic heterocycles.